The maximum atomic E-state index is 10.3. The van der Waals surface area contributed by atoms with Crippen molar-refractivity contribution in [1.82, 2.24) is 20.9 Å². The van der Waals surface area contributed by atoms with Gasteiger partial charge in [-0.3, -0.25) is 4.98 Å². The first-order valence-electron chi connectivity index (χ1n) is 7.49. The Hall–Kier alpha value is -1.01. The van der Waals surface area contributed by atoms with Gasteiger partial charge in [0, 0.05) is 38.1 Å². The van der Waals surface area contributed by atoms with Gasteiger partial charge in [-0.05, 0) is 49.5 Å². The van der Waals surface area contributed by atoms with Gasteiger partial charge in [0.25, 0.3) is 0 Å². The van der Waals surface area contributed by atoms with Gasteiger partial charge >= 0.3 is 0 Å². The van der Waals surface area contributed by atoms with Crippen LogP contribution in [0.15, 0.2) is 6.20 Å². The van der Waals surface area contributed by atoms with E-state index < -0.39 is 5.60 Å². The zero-order valence-corrected chi connectivity index (χ0v) is 12.1. The highest BCUT2D eigenvalue weighted by Gasteiger charge is 2.30. The quantitative estimate of drug-likeness (QED) is 0.616. The van der Waals surface area contributed by atoms with E-state index in [1.165, 1.54) is 16.7 Å². The van der Waals surface area contributed by atoms with Crippen LogP contribution in [0.1, 0.15) is 28.8 Å². The molecule has 1 atom stereocenters. The van der Waals surface area contributed by atoms with E-state index in [1.54, 1.807) is 0 Å². The molecule has 2 aliphatic rings. The number of hydrogen-bond acceptors (Lipinski definition) is 5. The van der Waals surface area contributed by atoms with Crippen LogP contribution < -0.4 is 16.0 Å². The molecule has 2 aliphatic heterocycles. The third kappa shape index (κ3) is 2.86. The van der Waals surface area contributed by atoms with Crippen LogP contribution in [0, 0.1) is 6.92 Å². The second kappa shape index (κ2) is 5.77. The maximum absolute atomic E-state index is 10.3. The van der Waals surface area contributed by atoms with Crippen LogP contribution in [-0.2, 0) is 19.5 Å². The van der Waals surface area contributed by atoms with E-state index in [2.05, 4.69) is 27.9 Å². The Morgan fingerprint density at radius 1 is 1.40 bits per heavy atom. The van der Waals surface area contributed by atoms with Crippen molar-refractivity contribution in [3.05, 3.63) is 28.6 Å². The number of aryl methyl sites for hydroxylation is 1. The van der Waals surface area contributed by atoms with Crippen molar-refractivity contribution >= 4 is 0 Å². The molecule has 5 nitrogen and oxygen atoms in total. The number of pyridine rings is 1. The number of fused-ring (bicyclic) bond motifs is 1. The minimum atomic E-state index is -0.586. The summed E-state index contributed by atoms with van der Waals surface area (Å²) in [4.78, 5) is 4.51. The van der Waals surface area contributed by atoms with Crippen LogP contribution >= 0.6 is 0 Å². The largest absolute Gasteiger partial charge is 0.387 e. The molecule has 20 heavy (non-hydrogen) atoms. The van der Waals surface area contributed by atoms with Crippen LogP contribution in [-0.4, -0.2) is 41.9 Å². The molecule has 4 N–H and O–H groups in total. The summed E-state index contributed by atoms with van der Waals surface area (Å²) in [5.74, 6) is 0. The molecule has 1 saturated heterocycles. The Bertz CT molecular complexity index is 483. The standard InChI is InChI=1S/C15H24N4O/c1-11-14(8-18-10-15(20)3-5-17-9-15)13-2-4-16-6-12(13)7-19-11/h7,16-18,20H,2-6,8-10H2,1H3/t15-/m1/s1. The molecule has 0 radical (unpaired) electrons. The monoisotopic (exact) mass is 276 g/mol. The first-order chi connectivity index (χ1) is 9.68. The summed E-state index contributed by atoms with van der Waals surface area (Å²) in [6.45, 7) is 7.07. The highest BCUT2D eigenvalue weighted by molar-refractivity contribution is 5.37. The molecule has 110 valence electrons. The maximum Gasteiger partial charge on any atom is 0.0907 e. The van der Waals surface area contributed by atoms with E-state index in [9.17, 15) is 5.11 Å². The van der Waals surface area contributed by atoms with E-state index in [-0.39, 0.29) is 0 Å². The van der Waals surface area contributed by atoms with Crippen LogP contribution in [0.2, 0.25) is 0 Å². The molecule has 3 heterocycles. The minimum absolute atomic E-state index is 0.586. The van der Waals surface area contributed by atoms with E-state index in [1.807, 2.05) is 6.20 Å². The number of rotatable bonds is 4. The SMILES string of the molecule is Cc1ncc2c(c1CNC[C@@]1(O)CCNC1)CCNC2. The average Bonchev–Trinajstić information content (AvgIpc) is 2.88. The van der Waals surface area contributed by atoms with Gasteiger partial charge < -0.3 is 21.1 Å². The Morgan fingerprint density at radius 3 is 3.10 bits per heavy atom. The third-order valence-electron chi connectivity index (χ3n) is 4.45. The van der Waals surface area contributed by atoms with Crippen LogP contribution in [0.3, 0.4) is 0 Å². The molecule has 0 unspecified atom stereocenters. The minimum Gasteiger partial charge on any atom is -0.387 e. The van der Waals surface area contributed by atoms with Gasteiger partial charge in [0.1, 0.15) is 0 Å². The molecular formula is C15H24N4O. The van der Waals surface area contributed by atoms with Crippen molar-refractivity contribution in [3.8, 4) is 0 Å². The van der Waals surface area contributed by atoms with Gasteiger partial charge in [-0.2, -0.15) is 0 Å². The van der Waals surface area contributed by atoms with Crippen LogP contribution in [0.4, 0.5) is 0 Å². The highest BCUT2D eigenvalue weighted by Crippen LogP contribution is 2.20. The summed E-state index contributed by atoms with van der Waals surface area (Å²) in [7, 11) is 0. The zero-order chi connectivity index (χ0) is 14.0. The average molecular weight is 276 g/mol. The van der Waals surface area contributed by atoms with Crippen molar-refractivity contribution in [2.24, 2.45) is 0 Å². The van der Waals surface area contributed by atoms with Crippen molar-refractivity contribution < 1.29 is 5.11 Å². The molecule has 1 aromatic heterocycles. The number of hydrogen-bond donors (Lipinski definition) is 4. The zero-order valence-electron chi connectivity index (χ0n) is 12.1. The topological polar surface area (TPSA) is 69.2 Å². The van der Waals surface area contributed by atoms with E-state index in [0.29, 0.717) is 13.1 Å². The van der Waals surface area contributed by atoms with Gasteiger partial charge in [0.2, 0.25) is 0 Å². The summed E-state index contributed by atoms with van der Waals surface area (Å²) in [6.07, 6.45) is 3.89. The Morgan fingerprint density at radius 2 is 2.30 bits per heavy atom. The lowest BCUT2D eigenvalue weighted by atomic mass is 9.95. The molecule has 0 amide bonds. The Balaban J connectivity index is 1.67. The second-order valence-corrected chi connectivity index (χ2v) is 6.01. The molecule has 0 aromatic carbocycles. The summed E-state index contributed by atoms with van der Waals surface area (Å²) in [5, 5.41) is 20.3. The smallest absolute Gasteiger partial charge is 0.0907 e. The number of aromatic nitrogens is 1. The summed E-state index contributed by atoms with van der Waals surface area (Å²) < 4.78 is 0. The van der Waals surface area contributed by atoms with Gasteiger partial charge in [0.05, 0.1) is 5.60 Å². The van der Waals surface area contributed by atoms with Gasteiger partial charge in [-0.25, -0.2) is 0 Å². The molecular weight excluding hydrogens is 252 g/mol. The van der Waals surface area contributed by atoms with E-state index >= 15 is 0 Å². The predicted molar refractivity (Wildman–Crippen MR) is 78.5 cm³/mol. The molecule has 0 spiro atoms. The molecule has 0 aliphatic carbocycles. The number of nitrogens with zero attached hydrogens (tertiary/aromatic N) is 1. The fourth-order valence-corrected chi connectivity index (χ4v) is 3.18. The first-order valence-corrected chi connectivity index (χ1v) is 7.49. The van der Waals surface area contributed by atoms with Crippen molar-refractivity contribution in [2.45, 2.75) is 38.5 Å². The third-order valence-corrected chi connectivity index (χ3v) is 4.45. The lowest BCUT2D eigenvalue weighted by Crippen LogP contribution is -2.42. The Kier molecular flexibility index (Phi) is 4.03. The van der Waals surface area contributed by atoms with Gasteiger partial charge in [-0.15, -0.1) is 0 Å². The molecule has 5 heteroatoms. The molecule has 1 aromatic rings. The van der Waals surface area contributed by atoms with E-state index in [0.717, 1.165) is 44.7 Å². The lowest BCUT2D eigenvalue weighted by Gasteiger charge is -2.24. The predicted octanol–water partition coefficient (Wildman–Crippen LogP) is -0.150. The summed E-state index contributed by atoms with van der Waals surface area (Å²) >= 11 is 0. The summed E-state index contributed by atoms with van der Waals surface area (Å²) in [5.41, 5.74) is 4.60. The normalized spacial score (nSPS) is 25.7. The molecule has 0 bridgehead atoms. The Labute approximate surface area is 120 Å². The first kappa shape index (κ1) is 13.9. The van der Waals surface area contributed by atoms with E-state index in [4.69, 9.17) is 0 Å². The molecule has 3 rings (SSSR count). The number of nitrogens with one attached hydrogen (secondary N) is 3. The van der Waals surface area contributed by atoms with Crippen LogP contribution in [0.5, 0.6) is 0 Å². The lowest BCUT2D eigenvalue weighted by molar-refractivity contribution is 0.0608. The number of β-amino-alcohol motifs (C(OH)–C–C–N with tert-alkyl or cyclic N) is 1. The van der Waals surface area contributed by atoms with Crippen molar-refractivity contribution in [2.75, 3.05) is 26.2 Å². The van der Waals surface area contributed by atoms with Crippen LogP contribution in [0.25, 0.3) is 0 Å². The van der Waals surface area contributed by atoms with Gasteiger partial charge in [0.15, 0.2) is 0 Å². The fourth-order valence-electron chi connectivity index (χ4n) is 3.18. The number of aliphatic hydroxyl groups is 1. The van der Waals surface area contributed by atoms with Crippen molar-refractivity contribution in [3.63, 3.8) is 0 Å². The second-order valence-electron chi connectivity index (χ2n) is 6.01. The molecule has 1 fully saturated rings. The summed E-state index contributed by atoms with van der Waals surface area (Å²) in [6, 6.07) is 0. The molecule has 0 saturated carbocycles. The van der Waals surface area contributed by atoms with Crippen molar-refractivity contribution in [1.29, 1.82) is 0 Å². The fraction of sp³-hybridized carbons (Fsp3) is 0.667. The van der Waals surface area contributed by atoms with Gasteiger partial charge in [-0.1, -0.05) is 0 Å². The highest BCUT2D eigenvalue weighted by atomic mass is 16.3.